The van der Waals surface area contributed by atoms with Gasteiger partial charge in [0.2, 0.25) is 0 Å². The number of esters is 4. The Morgan fingerprint density at radius 2 is 0.465 bits per heavy atom. The van der Waals surface area contributed by atoms with Crippen LogP contribution in [0.15, 0.2) is 0 Å². The van der Waals surface area contributed by atoms with Crippen LogP contribution in [0.2, 0.25) is 0 Å². The van der Waals surface area contributed by atoms with Crippen LogP contribution in [0.25, 0.3) is 0 Å². The highest BCUT2D eigenvalue weighted by atomic mass is 31.2. The van der Waals surface area contributed by atoms with E-state index in [0.717, 1.165) is 102 Å². The van der Waals surface area contributed by atoms with Crippen LogP contribution < -0.4 is 0 Å². The molecule has 0 spiro atoms. The van der Waals surface area contributed by atoms with E-state index in [9.17, 15) is 43.2 Å². The van der Waals surface area contributed by atoms with Gasteiger partial charge in [0.05, 0.1) is 26.4 Å². The van der Waals surface area contributed by atoms with E-state index >= 15 is 0 Å². The standard InChI is InChI=1S/C80H156O17P2/c1-7-9-11-13-15-17-19-20-21-22-23-24-29-33-40-46-52-58-64-79(84)96-75(69-91-78(83)63-57-51-45-39-32-28-26-25-27-31-36-42-48-54-60-72(3)4)70-94-98(86,87)92-66-74(81)67-93-99(88,89)95-71-76(68-90-77(82)62-56-50-44-38-30-18-16-14-12-10-8-2)97-80(85)65-59-53-47-41-35-34-37-43-49-55-61-73(5)6/h72-76,81H,7-71H2,1-6H3,(H,86,87)(H,88,89)/t74-,75-,76-/m1/s1. The molecule has 3 N–H and O–H groups in total. The maximum absolute atomic E-state index is 13.1. The third kappa shape index (κ3) is 74.1. The van der Waals surface area contributed by atoms with Crippen molar-refractivity contribution >= 4 is 39.5 Å². The second kappa shape index (κ2) is 71.7. The number of aliphatic hydroxyl groups excluding tert-OH is 1. The average molecular weight is 1450 g/mol. The van der Waals surface area contributed by atoms with Gasteiger partial charge in [0.15, 0.2) is 12.2 Å². The molecule has 17 nitrogen and oxygen atoms in total. The second-order valence-corrected chi connectivity index (χ2v) is 32.7. The molecular formula is C80H156O17P2. The minimum atomic E-state index is -4.96. The van der Waals surface area contributed by atoms with Gasteiger partial charge in [-0.05, 0) is 37.5 Å². The molecule has 0 bridgehead atoms. The topological polar surface area (TPSA) is 237 Å². The molecule has 0 aliphatic carbocycles. The molecule has 5 atom stereocenters. The minimum absolute atomic E-state index is 0.106. The first-order valence-electron chi connectivity index (χ1n) is 41.5. The van der Waals surface area contributed by atoms with E-state index in [4.69, 9.17) is 37.0 Å². The zero-order valence-electron chi connectivity index (χ0n) is 64.8. The number of ether oxygens (including phenoxy) is 4. The van der Waals surface area contributed by atoms with Crippen LogP contribution in [0, 0.1) is 11.8 Å². The summed E-state index contributed by atoms with van der Waals surface area (Å²) in [5.74, 6) is -0.557. The van der Waals surface area contributed by atoms with Gasteiger partial charge in [-0.15, -0.1) is 0 Å². The van der Waals surface area contributed by atoms with E-state index < -0.39 is 97.5 Å². The first-order chi connectivity index (χ1) is 47.9. The Bertz CT molecular complexity index is 1910. The zero-order valence-corrected chi connectivity index (χ0v) is 66.6. The smallest absolute Gasteiger partial charge is 0.462 e. The predicted molar refractivity (Wildman–Crippen MR) is 405 cm³/mol. The highest BCUT2D eigenvalue weighted by Gasteiger charge is 2.30. The average Bonchev–Trinajstić information content (AvgIpc) is 1.09. The van der Waals surface area contributed by atoms with Crippen LogP contribution in [0.5, 0.6) is 0 Å². The molecule has 0 aromatic heterocycles. The lowest BCUT2D eigenvalue weighted by Gasteiger charge is -2.21. The molecule has 0 aliphatic rings. The fraction of sp³-hybridized carbons (Fsp3) is 0.950. The van der Waals surface area contributed by atoms with Crippen molar-refractivity contribution in [3.8, 4) is 0 Å². The minimum Gasteiger partial charge on any atom is -0.462 e. The summed E-state index contributed by atoms with van der Waals surface area (Å²) in [4.78, 5) is 73.0. The van der Waals surface area contributed by atoms with E-state index in [0.29, 0.717) is 25.7 Å². The second-order valence-electron chi connectivity index (χ2n) is 29.8. The Morgan fingerprint density at radius 1 is 0.273 bits per heavy atom. The Labute approximate surface area is 607 Å². The van der Waals surface area contributed by atoms with Crippen molar-refractivity contribution in [3.05, 3.63) is 0 Å². The predicted octanol–water partition coefficient (Wildman–Crippen LogP) is 23.9. The fourth-order valence-corrected chi connectivity index (χ4v) is 13.9. The molecule has 2 unspecified atom stereocenters. The Hall–Kier alpha value is -1.94. The highest BCUT2D eigenvalue weighted by molar-refractivity contribution is 7.47. The summed E-state index contributed by atoms with van der Waals surface area (Å²) in [7, 11) is -9.92. The molecule has 0 aromatic rings. The fourth-order valence-electron chi connectivity index (χ4n) is 12.4. The van der Waals surface area contributed by atoms with Gasteiger partial charge in [0.1, 0.15) is 19.3 Å². The number of carbonyl (C=O) groups excluding carboxylic acids is 4. The first-order valence-corrected chi connectivity index (χ1v) is 44.5. The maximum Gasteiger partial charge on any atom is 0.472 e. The van der Waals surface area contributed by atoms with Crippen molar-refractivity contribution in [1.82, 2.24) is 0 Å². The van der Waals surface area contributed by atoms with Gasteiger partial charge in [-0.3, -0.25) is 37.3 Å². The van der Waals surface area contributed by atoms with Gasteiger partial charge in [-0.2, -0.15) is 0 Å². The molecular weight excluding hydrogens is 1290 g/mol. The van der Waals surface area contributed by atoms with Crippen LogP contribution in [-0.2, 0) is 65.4 Å². The molecule has 0 saturated heterocycles. The summed E-state index contributed by atoms with van der Waals surface area (Å²) >= 11 is 0. The zero-order chi connectivity index (χ0) is 72.8. The van der Waals surface area contributed by atoms with Gasteiger partial charge in [-0.25, -0.2) is 9.13 Å². The van der Waals surface area contributed by atoms with Crippen LogP contribution in [0.1, 0.15) is 420 Å². The number of hydrogen-bond donors (Lipinski definition) is 3. The lowest BCUT2D eigenvalue weighted by Crippen LogP contribution is -2.30. The lowest BCUT2D eigenvalue weighted by atomic mass is 10.0. The number of aliphatic hydroxyl groups is 1. The SMILES string of the molecule is CCCCCCCCCCCCCCCCCCCCC(=O)O[C@H](COC(=O)CCCCCCCCCCCCCCCCC(C)C)COP(=O)(O)OC[C@@H](O)COP(=O)(O)OC[C@@H](COC(=O)CCCCCCCCCCCCC)OC(=O)CCCCCCCCCCCCC(C)C. The van der Waals surface area contributed by atoms with Crippen LogP contribution >= 0.6 is 15.6 Å². The first kappa shape index (κ1) is 97.1. The Kier molecular flexibility index (Phi) is 70.3. The molecule has 0 saturated carbocycles. The van der Waals surface area contributed by atoms with E-state index in [1.165, 1.54) is 238 Å². The third-order valence-electron chi connectivity index (χ3n) is 18.7. The highest BCUT2D eigenvalue weighted by Crippen LogP contribution is 2.45. The number of unbranched alkanes of at least 4 members (excludes halogenated alkanes) is 49. The number of phosphoric ester groups is 2. The van der Waals surface area contributed by atoms with E-state index in [1.54, 1.807) is 0 Å². The van der Waals surface area contributed by atoms with Crippen molar-refractivity contribution in [3.63, 3.8) is 0 Å². The molecule has 0 fully saturated rings. The van der Waals surface area contributed by atoms with E-state index in [1.807, 2.05) is 0 Å². The third-order valence-corrected chi connectivity index (χ3v) is 20.6. The molecule has 99 heavy (non-hydrogen) atoms. The van der Waals surface area contributed by atoms with Gasteiger partial charge >= 0.3 is 39.5 Å². The summed E-state index contributed by atoms with van der Waals surface area (Å²) in [6.45, 7) is 9.64. The Balaban J connectivity index is 5.25. The largest absolute Gasteiger partial charge is 0.472 e. The molecule has 19 heteroatoms. The van der Waals surface area contributed by atoms with Crippen molar-refractivity contribution in [1.29, 1.82) is 0 Å². The van der Waals surface area contributed by atoms with Crippen molar-refractivity contribution in [2.45, 2.75) is 439 Å². The van der Waals surface area contributed by atoms with Gasteiger partial charge in [0.25, 0.3) is 0 Å². The summed E-state index contributed by atoms with van der Waals surface area (Å²) < 4.78 is 68.7. The maximum atomic E-state index is 13.1. The monoisotopic (exact) mass is 1450 g/mol. The number of phosphoric acid groups is 2. The summed E-state index contributed by atoms with van der Waals surface area (Å²) in [6.07, 6.45) is 61.0. The number of hydrogen-bond acceptors (Lipinski definition) is 15. The quantitative estimate of drug-likeness (QED) is 0.0222. The molecule has 588 valence electrons. The molecule has 0 radical (unpaired) electrons. The lowest BCUT2D eigenvalue weighted by molar-refractivity contribution is -0.161. The number of carbonyl (C=O) groups is 4. The van der Waals surface area contributed by atoms with Crippen LogP contribution in [-0.4, -0.2) is 96.7 Å². The van der Waals surface area contributed by atoms with Crippen molar-refractivity contribution in [2.24, 2.45) is 11.8 Å². The van der Waals surface area contributed by atoms with Crippen LogP contribution in [0.3, 0.4) is 0 Å². The summed E-state index contributed by atoms with van der Waals surface area (Å²) in [6, 6.07) is 0. The van der Waals surface area contributed by atoms with Gasteiger partial charge in [0, 0.05) is 25.7 Å². The Morgan fingerprint density at radius 3 is 0.687 bits per heavy atom. The van der Waals surface area contributed by atoms with Crippen LogP contribution in [0.4, 0.5) is 0 Å². The molecule has 0 heterocycles. The summed E-state index contributed by atoms with van der Waals surface area (Å²) in [5, 5.41) is 10.6. The molecule has 0 rings (SSSR count). The van der Waals surface area contributed by atoms with E-state index in [2.05, 4.69) is 41.5 Å². The molecule has 0 aliphatic heterocycles. The van der Waals surface area contributed by atoms with Gasteiger partial charge in [-0.1, -0.05) is 369 Å². The molecule has 0 amide bonds. The normalized spacial score (nSPS) is 13.9. The van der Waals surface area contributed by atoms with Gasteiger partial charge < -0.3 is 33.8 Å². The van der Waals surface area contributed by atoms with Crippen molar-refractivity contribution in [2.75, 3.05) is 39.6 Å². The summed E-state index contributed by atoms with van der Waals surface area (Å²) in [5.41, 5.74) is 0. The van der Waals surface area contributed by atoms with E-state index in [-0.39, 0.29) is 25.7 Å². The molecule has 0 aromatic carbocycles. The van der Waals surface area contributed by atoms with Crippen molar-refractivity contribution < 1.29 is 80.2 Å². The number of rotatable bonds is 79.